The van der Waals surface area contributed by atoms with Crippen molar-refractivity contribution >= 4 is 24.1 Å². The van der Waals surface area contributed by atoms with E-state index in [9.17, 15) is 9.59 Å². The summed E-state index contributed by atoms with van der Waals surface area (Å²) < 4.78 is 0.549. The van der Waals surface area contributed by atoms with Gasteiger partial charge in [-0.2, -0.15) is 4.41 Å². The van der Waals surface area contributed by atoms with E-state index in [1.54, 1.807) is 19.3 Å². The fourth-order valence-electron chi connectivity index (χ4n) is 0.417. The molecule has 7 heteroatoms. The number of nitrogens with zero attached hydrogens (tertiary/aromatic N) is 1. The Morgan fingerprint density at radius 2 is 1.92 bits per heavy atom. The molecule has 12 heavy (non-hydrogen) atoms. The monoisotopic (exact) mass is 194 g/mol. The number of rotatable bonds is 2. The van der Waals surface area contributed by atoms with Crippen molar-refractivity contribution < 1.29 is 19.8 Å². The molecule has 0 aliphatic carbocycles. The van der Waals surface area contributed by atoms with Crippen molar-refractivity contribution in [3.05, 3.63) is 0 Å². The molecule has 0 aliphatic rings. The molecular weight excluding hydrogens is 184 g/mol. The van der Waals surface area contributed by atoms with E-state index in [1.165, 1.54) is 0 Å². The number of hydrazine groups is 1. The van der Waals surface area contributed by atoms with Gasteiger partial charge in [-0.15, -0.1) is 0 Å². The first-order valence-corrected chi connectivity index (χ1v) is 3.96. The van der Waals surface area contributed by atoms with Crippen molar-refractivity contribution in [1.29, 1.82) is 0 Å². The predicted molar refractivity (Wildman–Crippen MR) is 43.8 cm³/mol. The van der Waals surface area contributed by atoms with Crippen LogP contribution in [0.4, 0.5) is 9.59 Å². The van der Waals surface area contributed by atoms with E-state index in [0.717, 1.165) is 11.9 Å². The average Bonchev–Trinajstić information content (AvgIpc) is 1.83. The van der Waals surface area contributed by atoms with Crippen LogP contribution in [0.5, 0.6) is 0 Å². The van der Waals surface area contributed by atoms with E-state index in [1.807, 2.05) is 0 Å². The number of amides is 2. The summed E-state index contributed by atoms with van der Waals surface area (Å²) >= 11 is 0.878. The number of nitrogens with one attached hydrogen (secondary N) is 1. The van der Waals surface area contributed by atoms with Gasteiger partial charge in [-0.05, 0) is 11.9 Å². The van der Waals surface area contributed by atoms with Gasteiger partial charge in [0, 0.05) is 5.25 Å². The van der Waals surface area contributed by atoms with Crippen LogP contribution in [0.1, 0.15) is 13.8 Å². The van der Waals surface area contributed by atoms with Crippen LogP contribution in [0.2, 0.25) is 0 Å². The summed E-state index contributed by atoms with van der Waals surface area (Å²) in [5.41, 5.74) is 1.72. The lowest BCUT2D eigenvalue weighted by Gasteiger charge is -2.17. The lowest BCUT2D eigenvalue weighted by Crippen LogP contribution is -2.40. The zero-order chi connectivity index (χ0) is 9.72. The highest BCUT2D eigenvalue weighted by Gasteiger charge is 2.16. The van der Waals surface area contributed by atoms with Gasteiger partial charge in [-0.1, -0.05) is 13.8 Å². The zero-order valence-corrected chi connectivity index (χ0v) is 7.46. The van der Waals surface area contributed by atoms with E-state index in [-0.39, 0.29) is 5.25 Å². The number of hydrogen-bond acceptors (Lipinski definition) is 3. The van der Waals surface area contributed by atoms with Crippen molar-refractivity contribution in [2.75, 3.05) is 0 Å². The Balaban J connectivity index is 4.04. The van der Waals surface area contributed by atoms with Crippen molar-refractivity contribution in [2.24, 2.45) is 0 Å². The number of carboxylic acid groups (broad SMARTS) is 2. The zero-order valence-electron chi connectivity index (χ0n) is 6.64. The first-order chi connectivity index (χ1) is 5.43. The van der Waals surface area contributed by atoms with Crippen molar-refractivity contribution in [3.63, 3.8) is 0 Å². The maximum atomic E-state index is 10.3. The van der Waals surface area contributed by atoms with Gasteiger partial charge in [0.15, 0.2) is 0 Å². The fourth-order valence-corrected chi connectivity index (χ4v) is 1.06. The molecule has 0 atom stereocenters. The highest BCUT2D eigenvalue weighted by Crippen LogP contribution is 2.13. The van der Waals surface area contributed by atoms with Gasteiger partial charge in [0.05, 0.1) is 0 Å². The van der Waals surface area contributed by atoms with Gasteiger partial charge in [-0.3, -0.25) is 0 Å². The Bertz CT molecular complexity index is 184. The van der Waals surface area contributed by atoms with Crippen LogP contribution >= 0.6 is 11.9 Å². The van der Waals surface area contributed by atoms with Crippen LogP contribution in [0, 0.1) is 0 Å². The molecule has 0 aliphatic heterocycles. The SMILES string of the molecule is CC(C)SN(NC(=O)O)C(=O)O. The molecular formula is C5H10N2O4S. The topological polar surface area (TPSA) is 89.9 Å². The summed E-state index contributed by atoms with van der Waals surface area (Å²) in [6.07, 6.45) is -2.73. The first kappa shape index (κ1) is 10.9. The fraction of sp³-hybridized carbons (Fsp3) is 0.600. The third kappa shape index (κ3) is 4.67. The molecule has 0 rings (SSSR count). The Kier molecular flexibility index (Phi) is 4.27. The predicted octanol–water partition coefficient (Wildman–Crippen LogP) is 1.21. The minimum Gasteiger partial charge on any atom is -0.464 e. The van der Waals surface area contributed by atoms with Crippen LogP contribution in [-0.2, 0) is 0 Å². The summed E-state index contributed by atoms with van der Waals surface area (Å²) in [5.74, 6) is 0. The third-order valence-corrected chi connectivity index (χ3v) is 1.57. The molecule has 70 valence electrons. The summed E-state index contributed by atoms with van der Waals surface area (Å²) in [6, 6.07) is 0. The van der Waals surface area contributed by atoms with Gasteiger partial charge >= 0.3 is 12.2 Å². The molecule has 0 saturated carbocycles. The van der Waals surface area contributed by atoms with Crippen molar-refractivity contribution in [3.8, 4) is 0 Å². The molecule has 0 aromatic carbocycles. The van der Waals surface area contributed by atoms with E-state index in [4.69, 9.17) is 10.2 Å². The molecule has 0 bridgehead atoms. The van der Waals surface area contributed by atoms with E-state index < -0.39 is 12.2 Å². The smallest absolute Gasteiger partial charge is 0.437 e. The Morgan fingerprint density at radius 3 is 2.17 bits per heavy atom. The van der Waals surface area contributed by atoms with Crippen molar-refractivity contribution in [2.45, 2.75) is 19.1 Å². The van der Waals surface area contributed by atoms with E-state index >= 15 is 0 Å². The van der Waals surface area contributed by atoms with Crippen LogP contribution < -0.4 is 5.43 Å². The molecule has 0 unspecified atom stereocenters. The Hall–Kier alpha value is -1.11. The first-order valence-electron chi connectivity index (χ1n) is 3.13. The molecule has 0 saturated heterocycles. The van der Waals surface area contributed by atoms with Gasteiger partial charge < -0.3 is 10.2 Å². The number of carbonyl (C=O) groups is 2. The Labute approximate surface area is 73.6 Å². The van der Waals surface area contributed by atoms with Gasteiger partial charge in [0.1, 0.15) is 0 Å². The second-order valence-electron chi connectivity index (χ2n) is 2.15. The van der Waals surface area contributed by atoms with Gasteiger partial charge in [0.25, 0.3) is 0 Å². The standard InChI is InChI=1S/C5H10N2O4S/c1-3(2)12-7(5(10)11)6-4(8)9/h3,6H,1-2H3,(H,8,9)(H,10,11). The third-order valence-electron chi connectivity index (χ3n) is 0.687. The maximum Gasteiger partial charge on any atom is 0.437 e. The lowest BCUT2D eigenvalue weighted by molar-refractivity contribution is 0.147. The molecule has 0 fully saturated rings. The largest absolute Gasteiger partial charge is 0.464 e. The Morgan fingerprint density at radius 1 is 1.42 bits per heavy atom. The molecule has 0 spiro atoms. The quantitative estimate of drug-likeness (QED) is 0.454. The molecule has 0 radical (unpaired) electrons. The number of hydrogen-bond donors (Lipinski definition) is 3. The van der Waals surface area contributed by atoms with Crippen LogP contribution in [0.25, 0.3) is 0 Å². The van der Waals surface area contributed by atoms with E-state index in [2.05, 4.69) is 0 Å². The minimum atomic E-state index is -1.40. The molecule has 6 nitrogen and oxygen atoms in total. The molecule has 0 aromatic rings. The summed E-state index contributed by atoms with van der Waals surface area (Å²) in [6.45, 7) is 3.51. The maximum absolute atomic E-state index is 10.3. The lowest BCUT2D eigenvalue weighted by atomic mass is 10.6. The highest BCUT2D eigenvalue weighted by molar-refractivity contribution is 7.98. The van der Waals surface area contributed by atoms with Crippen LogP contribution in [0.3, 0.4) is 0 Å². The van der Waals surface area contributed by atoms with Crippen molar-refractivity contribution in [1.82, 2.24) is 9.84 Å². The molecule has 0 aromatic heterocycles. The van der Waals surface area contributed by atoms with E-state index in [0.29, 0.717) is 4.41 Å². The van der Waals surface area contributed by atoms with Gasteiger partial charge in [0.2, 0.25) is 0 Å². The van der Waals surface area contributed by atoms with Crippen LogP contribution in [-0.4, -0.2) is 32.1 Å². The molecule has 3 N–H and O–H groups in total. The minimum absolute atomic E-state index is 0.00653. The second-order valence-corrected chi connectivity index (χ2v) is 3.67. The summed E-state index contributed by atoms with van der Waals surface area (Å²) in [5, 5.41) is 16.7. The van der Waals surface area contributed by atoms with Gasteiger partial charge in [-0.25, -0.2) is 15.0 Å². The molecule has 0 heterocycles. The average molecular weight is 194 g/mol. The second kappa shape index (κ2) is 4.70. The summed E-state index contributed by atoms with van der Waals surface area (Å²) in [7, 11) is 0. The van der Waals surface area contributed by atoms with Crippen LogP contribution in [0.15, 0.2) is 0 Å². The summed E-state index contributed by atoms with van der Waals surface area (Å²) in [4.78, 5) is 20.4. The highest BCUT2D eigenvalue weighted by atomic mass is 32.2. The molecule has 2 amide bonds. The normalized spacial score (nSPS) is 9.58.